The standard InChI is InChI=1S/C24H41NO4S/c1-18-19(2)23-21(20(3)22(18)26)14-16-24(4,29-23)15-12-10-8-6-7-9-11-13-17-25-30(5,27)28/h25-26H,6-17H2,1-5H3/t24-/m1/s1. The zero-order chi connectivity index (χ0) is 22.4. The maximum absolute atomic E-state index is 11.0. The number of hydrogen-bond donors (Lipinski definition) is 2. The van der Waals surface area contributed by atoms with Crippen LogP contribution in [-0.2, 0) is 16.4 Å². The van der Waals surface area contributed by atoms with Crippen LogP contribution in [0.5, 0.6) is 11.5 Å². The SMILES string of the molecule is Cc1c(C)c2c(c(C)c1O)CC[C@@](C)(CCCCCCCCCCNS(C)(=O)=O)O2. The number of ether oxygens (including phenoxy) is 1. The van der Waals surface area contributed by atoms with Gasteiger partial charge in [0.15, 0.2) is 0 Å². The summed E-state index contributed by atoms with van der Waals surface area (Å²) in [7, 11) is -3.04. The van der Waals surface area contributed by atoms with Crippen molar-refractivity contribution in [2.75, 3.05) is 12.8 Å². The maximum atomic E-state index is 11.0. The van der Waals surface area contributed by atoms with E-state index in [1.54, 1.807) is 0 Å². The van der Waals surface area contributed by atoms with Crippen molar-refractivity contribution in [3.05, 3.63) is 22.3 Å². The van der Waals surface area contributed by atoms with Crippen LogP contribution in [0.4, 0.5) is 0 Å². The molecule has 5 nitrogen and oxygen atoms in total. The van der Waals surface area contributed by atoms with E-state index in [9.17, 15) is 13.5 Å². The maximum Gasteiger partial charge on any atom is 0.208 e. The molecular formula is C24H41NO4S. The summed E-state index contributed by atoms with van der Waals surface area (Å²) < 4.78 is 31.0. The first-order valence-electron chi connectivity index (χ1n) is 11.5. The Balaban J connectivity index is 1.65. The molecule has 1 aliphatic rings. The number of phenols is 1. The number of hydrogen-bond acceptors (Lipinski definition) is 4. The van der Waals surface area contributed by atoms with E-state index in [1.165, 1.54) is 50.3 Å². The zero-order valence-electron chi connectivity index (χ0n) is 19.6. The number of fused-ring (bicyclic) bond motifs is 1. The molecule has 0 aromatic heterocycles. The molecule has 2 rings (SSSR count). The van der Waals surface area contributed by atoms with Gasteiger partial charge in [0.1, 0.15) is 17.1 Å². The van der Waals surface area contributed by atoms with Gasteiger partial charge in [0, 0.05) is 12.1 Å². The van der Waals surface area contributed by atoms with E-state index >= 15 is 0 Å². The minimum atomic E-state index is -3.04. The Kier molecular flexibility index (Phi) is 9.04. The molecule has 1 aromatic rings. The summed E-state index contributed by atoms with van der Waals surface area (Å²) in [4.78, 5) is 0. The Hall–Kier alpha value is -1.27. The summed E-state index contributed by atoms with van der Waals surface area (Å²) in [6, 6.07) is 0. The highest BCUT2D eigenvalue weighted by atomic mass is 32.2. The molecule has 6 heteroatoms. The molecule has 0 saturated heterocycles. The second kappa shape index (κ2) is 10.9. The number of nitrogens with one attached hydrogen (secondary N) is 1. The summed E-state index contributed by atoms with van der Waals surface area (Å²) >= 11 is 0. The fourth-order valence-electron chi connectivity index (χ4n) is 4.41. The van der Waals surface area contributed by atoms with Crippen molar-refractivity contribution in [1.82, 2.24) is 4.72 Å². The van der Waals surface area contributed by atoms with Gasteiger partial charge < -0.3 is 9.84 Å². The molecule has 2 N–H and O–H groups in total. The Bertz CT molecular complexity index is 819. The lowest BCUT2D eigenvalue weighted by molar-refractivity contribution is 0.0521. The number of phenolic OH excluding ortho intramolecular Hbond substituents is 1. The molecule has 0 bridgehead atoms. The summed E-state index contributed by atoms with van der Waals surface area (Å²) in [6.45, 7) is 8.80. The first-order chi connectivity index (χ1) is 14.0. The number of aromatic hydroxyl groups is 1. The fraction of sp³-hybridized carbons (Fsp3) is 0.750. The molecule has 0 radical (unpaired) electrons. The average molecular weight is 440 g/mol. The molecule has 0 saturated carbocycles. The molecule has 172 valence electrons. The van der Waals surface area contributed by atoms with Crippen molar-refractivity contribution in [1.29, 1.82) is 0 Å². The molecule has 0 unspecified atom stereocenters. The molecule has 1 aromatic carbocycles. The normalized spacial score (nSPS) is 18.8. The van der Waals surface area contributed by atoms with E-state index in [4.69, 9.17) is 4.74 Å². The third kappa shape index (κ3) is 7.16. The summed E-state index contributed by atoms with van der Waals surface area (Å²) in [5.41, 5.74) is 4.05. The van der Waals surface area contributed by atoms with Crippen molar-refractivity contribution >= 4 is 10.0 Å². The highest BCUT2D eigenvalue weighted by molar-refractivity contribution is 7.88. The minimum absolute atomic E-state index is 0.111. The number of unbranched alkanes of at least 4 members (excludes halogenated alkanes) is 7. The van der Waals surface area contributed by atoms with Crippen molar-refractivity contribution in [3.63, 3.8) is 0 Å². The molecule has 1 heterocycles. The van der Waals surface area contributed by atoms with E-state index in [0.29, 0.717) is 12.3 Å². The van der Waals surface area contributed by atoms with E-state index in [1.807, 2.05) is 13.8 Å². The van der Waals surface area contributed by atoms with E-state index in [-0.39, 0.29) is 5.60 Å². The topological polar surface area (TPSA) is 75.6 Å². The van der Waals surface area contributed by atoms with Crippen LogP contribution in [0.2, 0.25) is 0 Å². The van der Waals surface area contributed by atoms with Crippen LogP contribution in [-0.4, -0.2) is 31.9 Å². The second-order valence-electron chi connectivity index (χ2n) is 9.33. The highest BCUT2D eigenvalue weighted by Gasteiger charge is 2.34. The van der Waals surface area contributed by atoms with Gasteiger partial charge in [0.2, 0.25) is 10.0 Å². The second-order valence-corrected chi connectivity index (χ2v) is 11.2. The summed E-state index contributed by atoms with van der Waals surface area (Å²) in [5.74, 6) is 1.42. The van der Waals surface area contributed by atoms with Crippen LogP contribution >= 0.6 is 0 Å². The van der Waals surface area contributed by atoms with Gasteiger partial charge >= 0.3 is 0 Å². The Morgan fingerprint density at radius 2 is 1.50 bits per heavy atom. The van der Waals surface area contributed by atoms with Gasteiger partial charge in [-0.3, -0.25) is 0 Å². The van der Waals surface area contributed by atoms with Crippen LogP contribution in [0, 0.1) is 20.8 Å². The van der Waals surface area contributed by atoms with Gasteiger partial charge in [-0.25, -0.2) is 13.1 Å². The Labute approximate surface area is 183 Å². The quantitative estimate of drug-likeness (QED) is 0.424. The van der Waals surface area contributed by atoms with Gasteiger partial charge in [-0.05, 0) is 76.5 Å². The first-order valence-corrected chi connectivity index (χ1v) is 13.4. The van der Waals surface area contributed by atoms with E-state index in [0.717, 1.165) is 54.5 Å². The van der Waals surface area contributed by atoms with Crippen LogP contribution in [0.3, 0.4) is 0 Å². The molecular weight excluding hydrogens is 398 g/mol. The lowest BCUT2D eigenvalue weighted by Gasteiger charge is -2.38. The number of sulfonamides is 1. The van der Waals surface area contributed by atoms with Crippen molar-refractivity contribution in [2.45, 2.75) is 104 Å². The molecule has 1 aliphatic heterocycles. The molecule has 0 fully saturated rings. The van der Waals surface area contributed by atoms with Crippen LogP contribution < -0.4 is 9.46 Å². The number of rotatable bonds is 12. The van der Waals surface area contributed by atoms with Crippen LogP contribution in [0.1, 0.15) is 93.4 Å². The van der Waals surface area contributed by atoms with Crippen molar-refractivity contribution < 1.29 is 18.3 Å². The summed E-state index contributed by atoms with van der Waals surface area (Å²) in [6.07, 6.45) is 13.6. The zero-order valence-corrected chi connectivity index (χ0v) is 20.4. The van der Waals surface area contributed by atoms with Crippen molar-refractivity contribution in [2.24, 2.45) is 0 Å². The van der Waals surface area contributed by atoms with Gasteiger partial charge in [0.25, 0.3) is 0 Å². The van der Waals surface area contributed by atoms with E-state index in [2.05, 4.69) is 18.6 Å². The van der Waals surface area contributed by atoms with Gasteiger partial charge in [-0.1, -0.05) is 38.5 Å². The summed E-state index contributed by atoms with van der Waals surface area (Å²) in [5, 5.41) is 10.3. The lowest BCUT2D eigenvalue weighted by atomic mass is 9.84. The van der Waals surface area contributed by atoms with Gasteiger partial charge in [-0.2, -0.15) is 0 Å². The smallest absolute Gasteiger partial charge is 0.208 e. The van der Waals surface area contributed by atoms with Gasteiger partial charge in [-0.15, -0.1) is 0 Å². The van der Waals surface area contributed by atoms with Crippen molar-refractivity contribution in [3.8, 4) is 11.5 Å². The monoisotopic (exact) mass is 439 g/mol. The fourth-order valence-corrected chi connectivity index (χ4v) is 4.93. The third-order valence-corrected chi connectivity index (χ3v) is 7.32. The minimum Gasteiger partial charge on any atom is -0.507 e. The van der Waals surface area contributed by atoms with E-state index < -0.39 is 10.0 Å². The predicted molar refractivity (Wildman–Crippen MR) is 124 cm³/mol. The third-order valence-electron chi connectivity index (χ3n) is 6.59. The Morgan fingerprint density at radius 1 is 0.933 bits per heavy atom. The average Bonchev–Trinajstić information content (AvgIpc) is 2.68. The molecule has 1 atom stereocenters. The van der Waals surface area contributed by atoms with Crippen LogP contribution in [0.15, 0.2) is 0 Å². The first kappa shape index (κ1) is 25.0. The Morgan fingerprint density at radius 3 is 2.10 bits per heavy atom. The largest absolute Gasteiger partial charge is 0.507 e. The van der Waals surface area contributed by atoms with Gasteiger partial charge in [0.05, 0.1) is 6.26 Å². The van der Waals surface area contributed by atoms with Crippen LogP contribution in [0.25, 0.3) is 0 Å². The predicted octanol–water partition coefficient (Wildman–Crippen LogP) is 5.46. The molecule has 0 spiro atoms. The molecule has 30 heavy (non-hydrogen) atoms. The number of benzene rings is 1. The lowest BCUT2D eigenvalue weighted by Crippen LogP contribution is -2.37. The molecule has 0 aliphatic carbocycles. The highest BCUT2D eigenvalue weighted by Crippen LogP contribution is 2.44. The molecule has 0 amide bonds.